The van der Waals surface area contributed by atoms with Gasteiger partial charge in [0, 0.05) is 26.3 Å². The molecule has 7 heteroatoms. The Morgan fingerprint density at radius 2 is 2.00 bits per heavy atom. The summed E-state index contributed by atoms with van der Waals surface area (Å²) in [5.74, 6) is -0.377. The van der Waals surface area contributed by atoms with Crippen LogP contribution >= 0.6 is 0 Å². The molecule has 0 aliphatic rings. The van der Waals surface area contributed by atoms with Crippen LogP contribution in [0.2, 0.25) is 6.04 Å². The van der Waals surface area contributed by atoms with Crippen molar-refractivity contribution in [2.75, 3.05) is 27.6 Å². The second-order valence-electron chi connectivity index (χ2n) is 3.14. The molecular weight excluding hydrogens is 244 g/mol. The van der Waals surface area contributed by atoms with Crippen LogP contribution in [0, 0.1) is 0 Å². The van der Waals surface area contributed by atoms with Crippen molar-refractivity contribution in [3.8, 4) is 0 Å². The van der Waals surface area contributed by atoms with Crippen molar-refractivity contribution in [3.63, 3.8) is 0 Å². The summed E-state index contributed by atoms with van der Waals surface area (Å²) in [5, 5.41) is 8.74. The van der Waals surface area contributed by atoms with Gasteiger partial charge < -0.3 is 23.1 Å². The number of ether oxygens (including phenoxy) is 1. The van der Waals surface area contributed by atoms with E-state index in [4.69, 9.17) is 23.1 Å². The first kappa shape index (κ1) is 16.3. The molecule has 0 spiro atoms. The largest absolute Gasteiger partial charge is 0.502 e. The summed E-state index contributed by atoms with van der Waals surface area (Å²) in [4.78, 5) is 11.0. The maximum absolute atomic E-state index is 11.0. The molecule has 0 bridgehead atoms. The topological polar surface area (TPSA) is 74.2 Å². The molecule has 0 fully saturated rings. The van der Waals surface area contributed by atoms with Gasteiger partial charge in [-0.25, -0.2) is 4.79 Å². The smallest absolute Gasteiger partial charge is 0.463 e. The molecule has 0 radical (unpaired) electrons. The summed E-state index contributed by atoms with van der Waals surface area (Å²) in [6.45, 7) is 1.55. The van der Waals surface area contributed by atoms with Gasteiger partial charge in [-0.05, 0) is 13.3 Å². The Morgan fingerprint density at radius 3 is 2.47 bits per heavy atom. The van der Waals surface area contributed by atoms with E-state index in [1.54, 1.807) is 13.0 Å². The zero-order valence-electron chi connectivity index (χ0n) is 10.5. The number of rotatable bonds is 9. The molecule has 0 aliphatic carbocycles. The summed E-state index contributed by atoms with van der Waals surface area (Å²) in [5.41, 5.74) is 0. The lowest BCUT2D eigenvalue weighted by Gasteiger charge is -2.25. The van der Waals surface area contributed by atoms with E-state index in [0.29, 0.717) is 12.5 Å². The molecule has 0 aromatic rings. The van der Waals surface area contributed by atoms with Crippen molar-refractivity contribution in [1.29, 1.82) is 0 Å². The van der Waals surface area contributed by atoms with Gasteiger partial charge in [-0.1, -0.05) is 6.08 Å². The third-order valence-corrected chi connectivity index (χ3v) is 4.86. The number of carbonyl (C=O) groups excluding carboxylic acids is 1. The number of aliphatic hydroxyl groups excluding tert-OH is 1. The SMILES string of the molecule is CC=CC(=O)OCCC[Si](OC)(OC)OCO. The molecule has 1 N–H and O–H groups in total. The van der Waals surface area contributed by atoms with Gasteiger partial charge in [0.25, 0.3) is 0 Å². The monoisotopic (exact) mass is 264 g/mol. The average molecular weight is 264 g/mol. The van der Waals surface area contributed by atoms with Crippen LogP contribution in [0.3, 0.4) is 0 Å². The molecule has 0 rings (SSSR count). The van der Waals surface area contributed by atoms with E-state index in [1.165, 1.54) is 20.3 Å². The molecule has 17 heavy (non-hydrogen) atoms. The van der Waals surface area contributed by atoms with Crippen LogP contribution in [0.5, 0.6) is 0 Å². The zero-order chi connectivity index (χ0) is 13.1. The van der Waals surface area contributed by atoms with Crippen molar-refractivity contribution >= 4 is 14.8 Å². The van der Waals surface area contributed by atoms with E-state index in [9.17, 15) is 4.79 Å². The third kappa shape index (κ3) is 6.54. The van der Waals surface area contributed by atoms with Crippen LogP contribution in [0.1, 0.15) is 13.3 Å². The molecular formula is C10H20O6Si. The molecule has 0 heterocycles. The number of aliphatic hydroxyl groups is 1. The Kier molecular flexibility index (Phi) is 8.91. The highest BCUT2D eigenvalue weighted by molar-refractivity contribution is 6.60. The van der Waals surface area contributed by atoms with Crippen molar-refractivity contribution in [2.45, 2.75) is 19.4 Å². The number of carbonyl (C=O) groups is 1. The molecule has 0 amide bonds. The van der Waals surface area contributed by atoms with Crippen LogP contribution in [0.4, 0.5) is 0 Å². The maximum Gasteiger partial charge on any atom is 0.502 e. The fraction of sp³-hybridized carbons (Fsp3) is 0.700. The van der Waals surface area contributed by atoms with Crippen molar-refractivity contribution in [1.82, 2.24) is 0 Å². The molecule has 0 aliphatic heterocycles. The Balaban J connectivity index is 3.94. The lowest BCUT2D eigenvalue weighted by molar-refractivity contribution is -0.137. The fourth-order valence-corrected chi connectivity index (χ4v) is 2.95. The molecule has 0 saturated heterocycles. The molecule has 6 nitrogen and oxygen atoms in total. The van der Waals surface area contributed by atoms with Crippen LogP contribution in [0.15, 0.2) is 12.2 Å². The van der Waals surface area contributed by atoms with Gasteiger partial charge in [-0.15, -0.1) is 0 Å². The Labute approximate surface area is 102 Å². The van der Waals surface area contributed by atoms with Crippen LogP contribution in [0.25, 0.3) is 0 Å². The highest BCUT2D eigenvalue weighted by Gasteiger charge is 2.38. The van der Waals surface area contributed by atoms with Crippen molar-refractivity contribution in [3.05, 3.63) is 12.2 Å². The average Bonchev–Trinajstić information content (AvgIpc) is 2.33. The normalized spacial score (nSPS) is 12.0. The summed E-state index contributed by atoms with van der Waals surface area (Å²) in [6.07, 6.45) is 3.51. The predicted molar refractivity (Wildman–Crippen MR) is 63.1 cm³/mol. The molecule has 0 atom stereocenters. The lowest BCUT2D eigenvalue weighted by Crippen LogP contribution is -2.44. The van der Waals surface area contributed by atoms with E-state index in [1.807, 2.05) is 0 Å². The Hall–Kier alpha value is -0.733. The van der Waals surface area contributed by atoms with E-state index >= 15 is 0 Å². The number of esters is 1. The van der Waals surface area contributed by atoms with Gasteiger partial charge in [0.2, 0.25) is 0 Å². The molecule has 0 aromatic heterocycles. The maximum atomic E-state index is 11.0. The molecule has 100 valence electrons. The minimum absolute atomic E-state index is 0.263. The van der Waals surface area contributed by atoms with Crippen molar-refractivity contribution in [2.24, 2.45) is 0 Å². The van der Waals surface area contributed by atoms with E-state index < -0.39 is 15.6 Å². The van der Waals surface area contributed by atoms with E-state index in [-0.39, 0.29) is 12.6 Å². The van der Waals surface area contributed by atoms with Gasteiger partial charge >= 0.3 is 14.8 Å². The van der Waals surface area contributed by atoms with E-state index in [0.717, 1.165) is 0 Å². The van der Waals surface area contributed by atoms with Gasteiger partial charge in [-0.2, -0.15) is 0 Å². The molecule has 0 saturated carbocycles. The number of hydrogen-bond acceptors (Lipinski definition) is 6. The van der Waals surface area contributed by atoms with Gasteiger partial charge in [0.15, 0.2) is 0 Å². The standard InChI is InChI=1S/C10H20O6Si/c1-4-6-10(12)15-7-5-8-17(13-2,14-3)16-9-11/h4,6,11H,5,7-9H2,1-3H3. The van der Waals surface area contributed by atoms with Crippen LogP contribution < -0.4 is 0 Å². The van der Waals surface area contributed by atoms with Crippen LogP contribution in [-0.2, 0) is 22.8 Å². The minimum atomic E-state index is -2.79. The summed E-state index contributed by atoms with van der Waals surface area (Å²) in [7, 11) is 0.146. The first-order valence-corrected chi connectivity index (χ1v) is 7.22. The van der Waals surface area contributed by atoms with Crippen LogP contribution in [-0.4, -0.2) is 47.5 Å². The summed E-state index contributed by atoms with van der Waals surface area (Å²) in [6, 6.07) is 0.476. The highest BCUT2D eigenvalue weighted by Crippen LogP contribution is 2.15. The number of allylic oxidation sites excluding steroid dienone is 1. The van der Waals surface area contributed by atoms with Gasteiger partial charge in [0.1, 0.15) is 6.79 Å². The highest BCUT2D eigenvalue weighted by atomic mass is 28.4. The molecule has 0 aromatic carbocycles. The lowest BCUT2D eigenvalue weighted by atomic mass is 10.5. The van der Waals surface area contributed by atoms with Gasteiger partial charge in [0.05, 0.1) is 6.61 Å². The molecule has 0 unspecified atom stereocenters. The summed E-state index contributed by atoms with van der Waals surface area (Å²) >= 11 is 0. The fourth-order valence-electron chi connectivity index (χ4n) is 1.22. The summed E-state index contributed by atoms with van der Waals surface area (Å²) < 4.78 is 20.3. The quantitative estimate of drug-likeness (QED) is 0.217. The second-order valence-corrected chi connectivity index (χ2v) is 6.11. The first-order valence-electron chi connectivity index (χ1n) is 5.28. The third-order valence-electron chi connectivity index (χ3n) is 2.08. The number of hydrogen-bond donors (Lipinski definition) is 1. The Bertz CT molecular complexity index is 239. The predicted octanol–water partition coefficient (Wildman–Crippen LogP) is 0.694. The minimum Gasteiger partial charge on any atom is -0.463 e. The van der Waals surface area contributed by atoms with Gasteiger partial charge in [-0.3, -0.25) is 0 Å². The second kappa shape index (κ2) is 9.31. The Morgan fingerprint density at radius 1 is 1.35 bits per heavy atom. The first-order chi connectivity index (χ1) is 8.14. The van der Waals surface area contributed by atoms with Crippen molar-refractivity contribution < 1.29 is 27.9 Å². The van der Waals surface area contributed by atoms with E-state index in [2.05, 4.69) is 0 Å². The zero-order valence-corrected chi connectivity index (χ0v) is 11.5.